The molecule has 4 rings (SSSR count). The lowest BCUT2D eigenvalue weighted by Crippen LogP contribution is -2.19. The van der Waals surface area contributed by atoms with Crippen molar-refractivity contribution < 1.29 is 20.4 Å². The van der Waals surface area contributed by atoms with Crippen molar-refractivity contribution in [1.29, 1.82) is 0 Å². The van der Waals surface area contributed by atoms with Crippen molar-refractivity contribution in [1.82, 2.24) is 0 Å². The molecule has 0 aliphatic heterocycles. The summed E-state index contributed by atoms with van der Waals surface area (Å²) in [7, 11) is 0. The molecule has 4 nitrogen and oxygen atoms in total. The van der Waals surface area contributed by atoms with E-state index in [9.17, 15) is 20.4 Å². The molecule has 0 aliphatic carbocycles. The molecule has 212 valence electrons. The van der Waals surface area contributed by atoms with Crippen LogP contribution in [0.15, 0.2) is 72.8 Å². The first kappa shape index (κ1) is 30.6. The summed E-state index contributed by atoms with van der Waals surface area (Å²) in [5.41, 5.74) is 7.98. The zero-order valence-corrected chi connectivity index (χ0v) is 25.1. The number of hydrogen-bond donors (Lipinski definition) is 4. The number of phenols is 4. The maximum atomic E-state index is 9.86. The van der Waals surface area contributed by atoms with Crippen LogP contribution in [0.2, 0.25) is 0 Å². The van der Waals surface area contributed by atoms with Gasteiger partial charge in [-0.3, -0.25) is 0 Å². The highest BCUT2D eigenvalue weighted by atomic mass is 16.3. The lowest BCUT2D eigenvalue weighted by molar-refractivity contribution is 0.466. The molecule has 0 unspecified atom stereocenters. The van der Waals surface area contributed by atoms with Gasteiger partial charge in [0.05, 0.1) is 0 Å². The Hall–Kier alpha value is -3.92. The molecule has 0 spiro atoms. The fourth-order valence-corrected chi connectivity index (χ4v) is 4.94. The topological polar surface area (TPSA) is 80.9 Å². The van der Waals surface area contributed by atoms with Gasteiger partial charge in [0.15, 0.2) is 0 Å². The summed E-state index contributed by atoms with van der Waals surface area (Å²) >= 11 is 0. The van der Waals surface area contributed by atoms with E-state index in [4.69, 9.17) is 0 Å². The monoisotopic (exact) mass is 540 g/mol. The van der Waals surface area contributed by atoms with E-state index in [1.165, 1.54) is 11.1 Å². The minimum Gasteiger partial charge on any atom is -0.508 e. The predicted octanol–water partition coefficient (Wildman–Crippen LogP) is 8.59. The molecular formula is C36H44O4. The van der Waals surface area contributed by atoms with Gasteiger partial charge >= 0.3 is 0 Å². The highest BCUT2D eigenvalue weighted by Gasteiger charge is 2.25. The summed E-state index contributed by atoms with van der Waals surface area (Å²) in [4.78, 5) is 0. The second-order valence-electron chi connectivity index (χ2n) is 11.6. The molecule has 4 aromatic rings. The fourth-order valence-electron chi connectivity index (χ4n) is 4.94. The first-order chi connectivity index (χ1) is 18.7. The Balaban J connectivity index is 0.000000222. The Morgan fingerprint density at radius 3 is 1.00 bits per heavy atom. The Bertz CT molecular complexity index is 1370. The largest absolute Gasteiger partial charge is 0.508 e. The van der Waals surface area contributed by atoms with Gasteiger partial charge in [-0.15, -0.1) is 0 Å². The molecule has 4 N–H and O–H groups in total. The Morgan fingerprint density at radius 2 is 0.725 bits per heavy atom. The van der Waals surface area contributed by atoms with Crippen LogP contribution in [0.25, 0.3) is 0 Å². The highest BCUT2D eigenvalue weighted by Crippen LogP contribution is 2.37. The molecule has 0 heterocycles. The molecule has 4 aromatic carbocycles. The summed E-state index contributed by atoms with van der Waals surface area (Å²) in [5.74, 6) is 1.36. The van der Waals surface area contributed by atoms with Gasteiger partial charge < -0.3 is 20.4 Å². The number of phenolic OH excluding ortho intramolecular Hbond substituents is 4. The van der Waals surface area contributed by atoms with Crippen LogP contribution in [-0.2, 0) is 23.7 Å². The number of rotatable bonds is 6. The van der Waals surface area contributed by atoms with Gasteiger partial charge in [0, 0.05) is 10.8 Å². The van der Waals surface area contributed by atoms with Crippen molar-refractivity contribution in [2.24, 2.45) is 0 Å². The van der Waals surface area contributed by atoms with Gasteiger partial charge in [-0.1, -0.05) is 90.1 Å². The van der Waals surface area contributed by atoms with E-state index in [2.05, 4.69) is 39.8 Å². The molecule has 0 aliphatic rings. The SMILES string of the molecule is CCc1cc(C(C)(C)c2ccc(O)c(CC)c2)ccc1O.Cc1cc(C(C)(C)c2ccc(O)c(C)c2)ccc1O. The van der Waals surface area contributed by atoms with E-state index in [0.717, 1.165) is 46.2 Å². The van der Waals surface area contributed by atoms with Gasteiger partial charge in [0.1, 0.15) is 23.0 Å². The summed E-state index contributed by atoms with van der Waals surface area (Å²) in [6.07, 6.45) is 1.62. The minimum atomic E-state index is -0.171. The molecule has 0 radical (unpaired) electrons. The average Bonchev–Trinajstić information content (AvgIpc) is 2.92. The second-order valence-corrected chi connectivity index (χ2v) is 11.6. The van der Waals surface area contributed by atoms with Crippen molar-refractivity contribution in [3.05, 3.63) is 117 Å². The Kier molecular flexibility index (Phi) is 9.25. The van der Waals surface area contributed by atoms with Crippen molar-refractivity contribution in [2.45, 2.75) is 79.1 Å². The number of benzene rings is 4. The van der Waals surface area contributed by atoms with Crippen LogP contribution in [0.1, 0.15) is 86.1 Å². The summed E-state index contributed by atoms with van der Waals surface area (Å²) < 4.78 is 0. The van der Waals surface area contributed by atoms with E-state index in [-0.39, 0.29) is 10.8 Å². The average molecular weight is 541 g/mol. The molecule has 40 heavy (non-hydrogen) atoms. The quantitative estimate of drug-likeness (QED) is 0.197. The molecule has 0 saturated heterocycles. The van der Waals surface area contributed by atoms with E-state index in [0.29, 0.717) is 23.0 Å². The zero-order valence-electron chi connectivity index (χ0n) is 25.1. The summed E-state index contributed by atoms with van der Waals surface area (Å²) in [6, 6.07) is 23.1. The number of aromatic hydroxyl groups is 4. The fraction of sp³-hybridized carbons (Fsp3) is 0.333. The second kappa shape index (κ2) is 12.1. The maximum absolute atomic E-state index is 9.86. The maximum Gasteiger partial charge on any atom is 0.118 e. The zero-order chi connectivity index (χ0) is 29.8. The van der Waals surface area contributed by atoms with Gasteiger partial charge in [0.2, 0.25) is 0 Å². The van der Waals surface area contributed by atoms with Gasteiger partial charge in [-0.25, -0.2) is 0 Å². The standard InChI is InChI=1S/C19H24O2.C17H20O2/c1-5-13-11-15(7-9-17(13)20)19(3,4)16-8-10-18(21)14(6-2)12-16;1-11-9-13(5-7-15(11)18)17(3,4)14-6-8-16(19)12(2)10-14/h7-12,20-21H,5-6H2,1-4H3;5-10,18-19H,1-4H3. The van der Waals surface area contributed by atoms with Crippen LogP contribution in [0, 0.1) is 13.8 Å². The molecular weight excluding hydrogens is 496 g/mol. The van der Waals surface area contributed by atoms with E-state index in [1.54, 1.807) is 24.3 Å². The molecule has 0 atom stereocenters. The molecule has 0 saturated carbocycles. The minimum absolute atomic E-state index is 0.170. The van der Waals surface area contributed by atoms with Crippen LogP contribution in [0.4, 0.5) is 0 Å². The third kappa shape index (κ3) is 6.44. The lowest BCUT2D eigenvalue weighted by Gasteiger charge is -2.27. The van der Waals surface area contributed by atoms with Crippen molar-refractivity contribution in [3.8, 4) is 23.0 Å². The van der Waals surface area contributed by atoms with Crippen LogP contribution in [0.3, 0.4) is 0 Å². The summed E-state index contributed by atoms with van der Waals surface area (Å²) in [6.45, 7) is 16.5. The predicted molar refractivity (Wildman–Crippen MR) is 165 cm³/mol. The van der Waals surface area contributed by atoms with Gasteiger partial charge in [0.25, 0.3) is 0 Å². The molecule has 0 fully saturated rings. The van der Waals surface area contributed by atoms with Crippen molar-refractivity contribution in [3.63, 3.8) is 0 Å². The van der Waals surface area contributed by atoms with Crippen LogP contribution in [-0.4, -0.2) is 20.4 Å². The first-order valence-corrected chi connectivity index (χ1v) is 14.0. The van der Waals surface area contributed by atoms with Gasteiger partial charge in [-0.05, 0) is 95.5 Å². The van der Waals surface area contributed by atoms with E-state index < -0.39 is 0 Å². The highest BCUT2D eigenvalue weighted by molar-refractivity contribution is 5.48. The van der Waals surface area contributed by atoms with Crippen molar-refractivity contribution >= 4 is 0 Å². The Labute approximate surface area is 239 Å². The molecule has 0 aromatic heterocycles. The lowest BCUT2D eigenvalue weighted by atomic mass is 9.77. The molecule has 0 amide bonds. The molecule has 0 bridgehead atoms. The van der Waals surface area contributed by atoms with Crippen molar-refractivity contribution in [2.75, 3.05) is 0 Å². The first-order valence-electron chi connectivity index (χ1n) is 14.0. The third-order valence-corrected chi connectivity index (χ3v) is 8.20. The van der Waals surface area contributed by atoms with Gasteiger partial charge in [-0.2, -0.15) is 0 Å². The van der Waals surface area contributed by atoms with Crippen LogP contribution >= 0.6 is 0 Å². The van der Waals surface area contributed by atoms with Crippen LogP contribution in [0.5, 0.6) is 23.0 Å². The van der Waals surface area contributed by atoms with Crippen LogP contribution < -0.4 is 0 Å². The normalized spacial score (nSPS) is 11.6. The number of aryl methyl sites for hydroxylation is 4. The number of hydrogen-bond acceptors (Lipinski definition) is 4. The molecule has 4 heteroatoms. The summed E-state index contributed by atoms with van der Waals surface area (Å²) in [5, 5.41) is 39.0. The smallest absolute Gasteiger partial charge is 0.118 e. The van der Waals surface area contributed by atoms with E-state index in [1.807, 2.05) is 64.1 Å². The Morgan fingerprint density at radius 1 is 0.450 bits per heavy atom. The third-order valence-electron chi connectivity index (χ3n) is 8.20. The van der Waals surface area contributed by atoms with E-state index >= 15 is 0 Å².